The molecule has 1 atom stereocenters. The Hall–Kier alpha value is -0.800. The lowest BCUT2D eigenvalue weighted by Gasteiger charge is -2.20. The zero-order valence-corrected chi connectivity index (χ0v) is 7.32. The molecule has 0 amide bonds. The van der Waals surface area contributed by atoms with Crippen LogP contribution in [0.2, 0.25) is 0 Å². The van der Waals surface area contributed by atoms with Crippen LogP contribution in [-0.4, -0.2) is 12.0 Å². The summed E-state index contributed by atoms with van der Waals surface area (Å²) in [6, 6.07) is 0. The molecule has 1 unspecified atom stereocenters. The summed E-state index contributed by atoms with van der Waals surface area (Å²) in [5.74, 6) is -0.219. The van der Waals surface area contributed by atoms with Gasteiger partial charge in [-0.05, 0) is 26.2 Å². The van der Waals surface area contributed by atoms with E-state index in [0.717, 1.165) is 6.08 Å². The number of allylic oxidation sites excluding steroid dienone is 2. The van der Waals surface area contributed by atoms with E-state index < -0.39 is 11.7 Å². The van der Waals surface area contributed by atoms with Crippen LogP contribution in [0.4, 0.5) is 13.2 Å². The van der Waals surface area contributed by atoms with Crippen molar-refractivity contribution in [3.63, 3.8) is 0 Å². The van der Waals surface area contributed by atoms with Crippen molar-refractivity contribution in [3.8, 4) is 0 Å². The fourth-order valence-corrected chi connectivity index (χ4v) is 1.46. The third kappa shape index (κ3) is 2.57. The lowest BCUT2D eigenvalue weighted by molar-refractivity contribution is -0.122. The van der Waals surface area contributed by atoms with Gasteiger partial charge in [0.15, 0.2) is 0 Å². The molecule has 1 rings (SSSR count). The zero-order chi connectivity index (χ0) is 10.1. The average Bonchev–Trinajstić information content (AvgIpc) is 2.03. The highest BCUT2D eigenvalue weighted by atomic mass is 19.4. The Bertz CT molecular complexity index is 240. The molecule has 0 aliphatic heterocycles. The standard InChI is InChI=1S/C9H11F3O/c1-6(13)7-2-4-8(5-3-7)9(10,11)12/h4,7H,2-3,5H2,1H3. The van der Waals surface area contributed by atoms with Gasteiger partial charge in [-0.2, -0.15) is 13.2 Å². The van der Waals surface area contributed by atoms with E-state index in [4.69, 9.17) is 0 Å². The second kappa shape index (κ2) is 3.52. The summed E-state index contributed by atoms with van der Waals surface area (Å²) in [5, 5.41) is 0. The van der Waals surface area contributed by atoms with Crippen LogP contribution in [0.25, 0.3) is 0 Å². The number of halogens is 3. The minimum absolute atomic E-state index is 0.0162. The molecule has 0 saturated carbocycles. The molecule has 4 heteroatoms. The first kappa shape index (κ1) is 10.3. The van der Waals surface area contributed by atoms with Crippen molar-refractivity contribution in [3.05, 3.63) is 11.6 Å². The van der Waals surface area contributed by atoms with Gasteiger partial charge in [0.25, 0.3) is 0 Å². The molecule has 1 aliphatic carbocycles. The van der Waals surface area contributed by atoms with Crippen LogP contribution in [0.3, 0.4) is 0 Å². The molecule has 0 aromatic heterocycles. The van der Waals surface area contributed by atoms with Crippen LogP contribution in [0.5, 0.6) is 0 Å². The number of rotatable bonds is 1. The van der Waals surface area contributed by atoms with Gasteiger partial charge in [0.1, 0.15) is 5.78 Å². The molecule has 0 bridgehead atoms. The number of hydrogen-bond donors (Lipinski definition) is 0. The molecule has 0 spiro atoms. The Balaban J connectivity index is 2.63. The summed E-state index contributed by atoms with van der Waals surface area (Å²) in [6.45, 7) is 1.43. The highest BCUT2D eigenvalue weighted by Gasteiger charge is 2.35. The summed E-state index contributed by atoms with van der Waals surface area (Å²) >= 11 is 0. The van der Waals surface area contributed by atoms with E-state index in [-0.39, 0.29) is 24.5 Å². The minimum atomic E-state index is -4.21. The maximum Gasteiger partial charge on any atom is 0.412 e. The number of alkyl halides is 3. The van der Waals surface area contributed by atoms with E-state index in [0.29, 0.717) is 6.42 Å². The van der Waals surface area contributed by atoms with Crippen LogP contribution in [-0.2, 0) is 4.79 Å². The van der Waals surface area contributed by atoms with Crippen LogP contribution in [0, 0.1) is 5.92 Å². The van der Waals surface area contributed by atoms with Crippen LogP contribution in [0.1, 0.15) is 26.2 Å². The second-order valence-corrected chi connectivity index (χ2v) is 3.31. The molecule has 0 N–H and O–H groups in total. The predicted molar refractivity (Wildman–Crippen MR) is 42.2 cm³/mol. The normalized spacial score (nSPS) is 24.0. The van der Waals surface area contributed by atoms with Gasteiger partial charge in [-0.3, -0.25) is 4.79 Å². The summed E-state index contributed by atoms with van der Waals surface area (Å²) in [5.41, 5.74) is -0.481. The largest absolute Gasteiger partial charge is 0.412 e. The quantitative estimate of drug-likeness (QED) is 0.584. The van der Waals surface area contributed by atoms with Gasteiger partial charge in [-0.25, -0.2) is 0 Å². The number of ketones is 1. The molecule has 1 aliphatic rings. The van der Waals surface area contributed by atoms with Crippen molar-refractivity contribution >= 4 is 5.78 Å². The fraction of sp³-hybridized carbons (Fsp3) is 0.667. The molecule has 0 heterocycles. The SMILES string of the molecule is CC(=O)C1CC=C(C(F)(F)F)CC1. The summed E-state index contributed by atoms with van der Waals surface area (Å²) in [6.07, 6.45) is -2.50. The Morgan fingerprint density at radius 2 is 2.15 bits per heavy atom. The smallest absolute Gasteiger partial charge is 0.300 e. The fourth-order valence-electron chi connectivity index (χ4n) is 1.46. The molecule has 0 radical (unpaired) electrons. The third-order valence-corrected chi connectivity index (χ3v) is 2.35. The van der Waals surface area contributed by atoms with Crippen molar-refractivity contribution in [1.82, 2.24) is 0 Å². The Kier molecular flexibility index (Phi) is 2.78. The molecule has 74 valence electrons. The molecular formula is C9H11F3O. The molecule has 13 heavy (non-hydrogen) atoms. The molecule has 0 saturated heterocycles. The topological polar surface area (TPSA) is 17.1 Å². The van der Waals surface area contributed by atoms with Gasteiger partial charge < -0.3 is 0 Å². The lowest BCUT2D eigenvalue weighted by atomic mass is 9.87. The van der Waals surface area contributed by atoms with E-state index in [1.807, 2.05) is 0 Å². The first-order valence-corrected chi connectivity index (χ1v) is 4.18. The second-order valence-electron chi connectivity index (χ2n) is 3.31. The minimum Gasteiger partial charge on any atom is -0.300 e. The van der Waals surface area contributed by atoms with Crippen molar-refractivity contribution in [2.24, 2.45) is 5.92 Å². The predicted octanol–water partition coefficient (Wildman–Crippen LogP) is 2.86. The average molecular weight is 192 g/mol. The number of hydrogen-bond acceptors (Lipinski definition) is 1. The zero-order valence-electron chi connectivity index (χ0n) is 7.32. The number of Topliss-reactive ketones (excluding diaryl/α,β-unsaturated/α-hetero) is 1. The Morgan fingerprint density at radius 3 is 2.46 bits per heavy atom. The van der Waals surface area contributed by atoms with Crippen molar-refractivity contribution < 1.29 is 18.0 Å². The van der Waals surface area contributed by atoms with Crippen LogP contribution in [0.15, 0.2) is 11.6 Å². The summed E-state index contributed by atoms with van der Waals surface area (Å²) in [7, 11) is 0. The van der Waals surface area contributed by atoms with Gasteiger partial charge in [0.2, 0.25) is 0 Å². The van der Waals surface area contributed by atoms with E-state index in [9.17, 15) is 18.0 Å². The summed E-state index contributed by atoms with van der Waals surface area (Å²) in [4.78, 5) is 10.8. The van der Waals surface area contributed by atoms with Crippen molar-refractivity contribution in [1.29, 1.82) is 0 Å². The maximum absolute atomic E-state index is 12.1. The maximum atomic E-state index is 12.1. The molecule has 0 aromatic carbocycles. The monoisotopic (exact) mass is 192 g/mol. The van der Waals surface area contributed by atoms with Crippen LogP contribution < -0.4 is 0 Å². The molecular weight excluding hydrogens is 181 g/mol. The third-order valence-electron chi connectivity index (χ3n) is 2.35. The van der Waals surface area contributed by atoms with Crippen molar-refractivity contribution in [2.75, 3.05) is 0 Å². The van der Waals surface area contributed by atoms with E-state index in [1.165, 1.54) is 6.92 Å². The Labute approximate surface area is 74.6 Å². The Morgan fingerprint density at radius 1 is 1.54 bits per heavy atom. The summed E-state index contributed by atoms with van der Waals surface area (Å²) < 4.78 is 36.3. The first-order valence-electron chi connectivity index (χ1n) is 4.18. The van der Waals surface area contributed by atoms with Gasteiger partial charge >= 0.3 is 6.18 Å². The molecule has 1 nitrogen and oxygen atoms in total. The highest BCUT2D eigenvalue weighted by Crippen LogP contribution is 2.35. The molecule has 0 fully saturated rings. The van der Waals surface area contributed by atoms with Gasteiger partial charge in [0.05, 0.1) is 0 Å². The van der Waals surface area contributed by atoms with E-state index in [1.54, 1.807) is 0 Å². The van der Waals surface area contributed by atoms with Gasteiger partial charge in [0, 0.05) is 11.5 Å². The van der Waals surface area contributed by atoms with E-state index in [2.05, 4.69) is 0 Å². The lowest BCUT2D eigenvalue weighted by Crippen LogP contribution is -2.20. The van der Waals surface area contributed by atoms with Gasteiger partial charge in [-0.1, -0.05) is 6.08 Å². The number of carbonyl (C=O) groups excluding carboxylic acids is 1. The first-order chi connectivity index (χ1) is 5.91. The highest BCUT2D eigenvalue weighted by molar-refractivity contribution is 5.78. The van der Waals surface area contributed by atoms with E-state index >= 15 is 0 Å². The van der Waals surface area contributed by atoms with Crippen molar-refractivity contribution in [2.45, 2.75) is 32.4 Å². The number of carbonyl (C=O) groups is 1. The van der Waals surface area contributed by atoms with Gasteiger partial charge in [-0.15, -0.1) is 0 Å². The molecule has 0 aromatic rings. The van der Waals surface area contributed by atoms with Crippen LogP contribution >= 0.6 is 0 Å².